The molecule has 0 spiro atoms. The van der Waals surface area contributed by atoms with Gasteiger partial charge >= 0.3 is 5.97 Å². The third-order valence-electron chi connectivity index (χ3n) is 3.33. The van der Waals surface area contributed by atoms with Crippen molar-refractivity contribution in [1.29, 1.82) is 0 Å². The van der Waals surface area contributed by atoms with Crippen LogP contribution in [0.2, 0.25) is 0 Å². The Balaban J connectivity index is 3.49. The normalized spacial score (nSPS) is 14.5. The van der Waals surface area contributed by atoms with Crippen LogP contribution in [0.25, 0.3) is 0 Å². The van der Waals surface area contributed by atoms with E-state index in [2.05, 4.69) is 0 Å². The summed E-state index contributed by atoms with van der Waals surface area (Å²) in [5.41, 5.74) is -0.810. The van der Waals surface area contributed by atoms with Gasteiger partial charge in [0.25, 0.3) is 0 Å². The fourth-order valence-corrected chi connectivity index (χ4v) is 1.80. The van der Waals surface area contributed by atoms with Crippen molar-refractivity contribution in [2.75, 3.05) is 7.11 Å². The Morgan fingerprint density at radius 1 is 1.47 bits per heavy atom. The second kappa shape index (κ2) is 4.73. The van der Waals surface area contributed by atoms with E-state index in [1.54, 1.807) is 26.8 Å². The zero-order valence-corrected chi connectivity index (χ0v) is 10.5. The lowest BCUT2D eigenvalue weighted by Crippen LogP contribution is -2.38. The number of methoxy groups -OCH3 is 1. The van der Waals surface area contributed by atoms with Gasteiger partial charge in [-0.05, 0) is 18.9 Å². The van der Waals surface area contributed by atoms with E-state index in [1.807, 2.05) is 0 Å². The van der Waals surface area contributed by atoms with Crippen LogP contribution in [0.15, 0.2) is 18.2 Å². The zero-order chi connectivity index (χ0) is 13.2. The molecule has 0 amide bonds. The molecule has 1 N–H and O–H groups in total. The van der Waals surface area contributed by atoms with Crippen LogP contribution >= 0.6 is 0 Å². The third kappa shape index (κ3) is 2.12. The van der Waals surface area contributed by atoms with Crippen molar-refractivity contribution in [3.8, 4) is 5.75 Å². The van der Waals surface area contributed by atoms with Gasteiger partial charge in [0.05, 0.1) is 12.5 Å². The number of carboxylic acids is 1. The van der Waals surface area contributed by atoms with E-state index >= 15 is 0 Å². The van der Waals surface area contributed by atoms with Gasteiger partial charge in [-0.25, -0.2) is 4.39 Å². The highest BCUT2D eigenvalue weighted by atomic mass is 19.1. The number of carboxylic acid groups (broad SMARTS) is 1. The molecule has 0 saturated heterocycles. The van der Waals surface area contributed by atoms with E-state index < -0.39 is 17.2 Å². The molecule has 94 valence electrons. The fourth-order valence-electron chi connectivity index (χ4n) is 1.80. The first kappa shape index (κ1) is 13.5. The lowest BCUT2D eigenvalue weighted by Gasteiger charge is -2.30. The first-order valence-electron chi connectivity index (χ1n) is 5.42. The largest absolute Gasteiger partial charge is 0.493 e. The molecular formula is C13H17FO3. The summed E-state index contributed by atoms with van der Waals surface area (Å²) in [5, 5.41) is 9.39. The molecule has 0 heterocycles. The Hall–Kier alpha value is -1.58. The molecular weight excluding hydrogens is 223 g/mol. The Bertz CT molecular complexity index is 429. The lowest BCUT2D eigenvalue weighted by atomic mass is 9.73. The minimum absolute atomic E-state index is 0.00565. The van der Waals surface area contributed by atoms with Crippen LogP contribution in [-0.2, 0) is 10.2 Å². The number of hydrogen-bond acceptors (Lipinski definition) is 2. The van der Waals surface area contributed by atoms with E-state index in [-0.39, 0.29) is 11.7 Å². The van der Waals surface area contributed by atoms with E-state index in [4.69, 9.17) is 4.74 Å². The van der Waals surface area contributed by atoms with Gasteiger partial charge in [-0.15, -0.1) is 0 Å². The van der Waals surface area contributed by atoms with Gasteiger partial charge in [0, 0.05) is 5.56 Å². The smallest absolute Gasteiger partial charge is 0.314 e. The van der Waals surface area contributed by atoms with Crippen LogP contribution in [0.1, 0.15) is 26.3 Å². The molecule has 0 fully saturated rings. The second-order valence-electron chi connectivity index (χ2n) is 4.48. The SMILES string of the molecule is COc1c(F)cccc1C(C)(C(=O)O)C(C)C. The Labute approximate surface area is 100 Å². The molecule has 1 aromatic carbocycles. The number of carbonyl (C=O) groups is 1. The quantitative estimate of drug-likeness (QED) is 0.880. The monoisotopic (exact) mass is 240 g/mol. The van der Waals surface area contributed by atoms with Gasteiger partial charge in [-0.1, -0.05) is 26.0 Å². The van der Waals surface area contributed by atoms with E-state index in [1.165, 1.54) is 19.2 Å². The molecule has 0 aliphatic heterocycles. The Kier molecular flexibility index (Phi) is 3.76. The van der Waals surface area contributed by atoms with Gasteiger partial charge in [0.1, 0.15) is 0 Å². The molecule has 0 bridgehead atoms. The molecule has 3 nitrogen and oxygen atoms in total. The summed E-state index contributed by atoms with van der Waals surface area (Å²) in [5.74, 6) is -1.71. The van der Waals surface area contributed by atoms with E-state index in [9.17, 15) is 14.3 Å². The number of benzene rings is 1. The molecule has 0 aromatic heterocycles. The summed E-state index contributed by atoms with van der Waals surface area (Å²) >= 11 is 0. The van der Waals surface area contributed by atoms with Crippen molar-refractivity contribution in [3.63, 3.8) is 0 Å². The molecule has 17 heavy (non-hydrogen) atoms. The predicted molar refractivity (Wildman–Crippen MR) is 62.8 cm³/mol. The van der Waals surface area contributed by atoms with Crippen LogP contribution in [0.3, 0.4) is 0 Å². The van der Waals surface area contributed by atoms with Gasteiger partial charge in [-0.3, -0.25) is 4.79 Å². The van der Waals surface area contributed by atoms with Crippen LogP contribution in [-0.4, -0.2) is 18.2 Å². The van der Waals surface area contributed by atoms with Crippen LogP contribution in [0, 0.1) is 11.7 Å². The lowest BCUT2D eigenvalue weighted by molar-refractivity contribution is -0.145. The van der Waals surface area contributed by atoms with Crippen molar-refractivity contribution in [2.45, 2.75) is 26.2 Å². The minimum Gasteiger partial charge on any atom is -0.493 e. The molecule has 1 unspecified atom stereocenters. The zero-order valence-electron chi connectivity index (χ0n) is 10.5. The summed E-state index contributed by atoms with van der Waals surface area (Å²) in [6, 6.07) is 4.34. The third-order valence-corrected chi connectivity index (χ3v) is 3.33. The standard InChI is InChI=1S/C13H17FO3/c1-8(2)13(3,12(15)16)9-6-5-7-10(14)11(9)17-4/h5-8H,1-4H3,(H,15,16). The number of ether oxygens (including phenoxy) is 1. The van der Waals surface area contributed by atoms with Crippen molar-refractivity contribution < 1.29 is 19.0 Å². The molecule has 0 radical (unpaired) electrons. The Morgan fingerprint density at radius 2 is 2.06 bits per heavy atom. The second-order valence-corrected chi connectivity index (χ2v) is 4.48. The molecule has 1 aromatic rings. The minimum atomic E-state index is -1.17. The van der Waals surface area contributed by atoms with Crippen molar-refractivity contribution in [3.05, 3.63) is 29.6 Å². The van der Waals surface area contributed by atoms with Crippen LogP contribution in [0.4, 0.5) is 4.39 Å². The van der Waals surface area contributed by atoms with Crippen molar-refractivity contribution in [2.24, 2.45) is 5.92 Å². The van der Waals surface area contributed by atoms with Gasteiger partial charge in [0.15, 0.2) is 11.6 Å². The first-order chi connectivity index (χ1) is 7.85. The highest BCUT2D eigenvalue weighted by Gasteiger charge is 2.41. The number of aliphatic carboxylic acids is 1. The average molecular weight is 240 g/mol. The fraction of sp³-hybridized carbons (Fsp3) is 0.462. The van der Waals surface area contributed by atoms with Gasteiger partial charge in [0.2, 0.25) is 0 Å². The van der Waals surface area contributed by atoms with Gasteiger partial charge in [-0.2, -0.15) is 0 Å². The van der Waals surface area contributed by atoms with Crippen LogP contribution < -0.4 is 4.74 Å². The number of halogens is 1. The maximum absolute atomic E-state index is 13.6. The summed E-state index contributed by atoms with van der Waals surface area (Å²) in [4.78, 5) is 11.5. The molecule has 1 rings (SSSR count). The average Bonchev–Trinajstić information content (AvgIpc) is 2.26. The van der Waals surface area contributed by atoms with Gasteiger partial charge < -0.3 is 9.84 Å². The van der Waals surface area contributed by atoms with E-state index in [0.29, 0.717) is 5.56 Å². The Morgan fingerprint density at radius 3 is 2.47 bits per heavy atom. The van der Waals surface area contributed by atoms with Crippen LogP contribution in [0.5, 0.6) is 5.75 Å². The number of hydrogen-bond donors (Lipinski definition) is 1. The molecule has 0 aliphatic carbocycles. The van der Waals surface area contributed by atoms with Crippen molar-refractivity contribution >= 4 is 5.97 Å². The summed E-state index contributed by atoms with van der Waals surface area (Å²) in [6.45, 7) is 5.16. The maximum Gasteiger partial charge on any atom is 0.314 e. The molecule has 0 saturated carbocycles. The molecule has 1 atom stereocenters. The molecule has 4 heteroatoms. The molecule has 0 aliphatic rings. The number of para-hydroxylation sites is 1. The summed E-state index contributed by atoms with van der Waals surface area (Å²) in [7, 11) is 1.34. The highest BCUT2D eigenvalue weighted by Crippen LogP contribution is 2.39. The topological polar surface area (TPSA) is 46.5 Å². The predicted octanol–water partition coefficient (Wildman–Crippen LogP) is 2.83. The summed E-state index contributed by atoms with van der Waals surface area (Å²) in [6.07, 6.45) is 0. The van der Waals surface area contributed by atoms with E-state index in [0.717, 1.165) is 0 Å². The maximum atomic E-state index is 13.6. The number of rotatable bonds is 4. The van der Waals surface area contributed by atoms with Crippen molar-refractivity contribution in [1.82, 2.24) is 0 Å². The first-order valence-corrected chi connectivity index (χ1v) is 5.42. The summed E-state index contributed by atoms with van der Waals surface area (Å²) < 4.78 is 18.6. The highest BCUT2D eigenvalue weighted by molar-refractivity contribution is 5.82.